The minimum Gasteiger partial charge on any atom is -0.395 e. The van der Waals surface area contributed by atoms with Crippen molar-refractivity contribution in [3.8, 4) is 0 Å². The zero-order valence-corrected chi connectivity index (χ0v) is 12.5. The van der Waals surface area contributed by atoms with E-state index in [0.717, 1.165) is 43.0 Å². The van der Waals surface area contributed by atoms with Crippen LogP contribution in [0.5, 0.6) is 0 Å². The highest BCUT2D eigenvalue weighted by Gasteiger charge is 2.16. The largest absolute Gasteiger partial charge is 0.395 e. The summed E-state index contributed by atoms with van der Waals surface area (Å²) in [5.41, 5.74) is 1.06. The van der Waals surface area contributed by atoms with E-state index >= 15 is 0 Å². The Labute approximate surface area is 120 Å². The molecular weight excluding hydrogens is 256 g/mol. The first-order valence-electron chi connectivity index (χ1n) is 7.32. The normalized spacial score (nSPS) is 10.6. The molecule has 1 rings (SSSR count). The zero-order valence-electron chi connectivity index (χ0n) is 12.5. The quantitative estimate of drug-likeness (QED) is 0.595. The number of hydrogen-bond acceptors (Lipinski definition) is 6. The Kier molecular flexibility index (Phi) is 7.91. The van der Waals surface area contributed by atoms with E-state index in [1.807, 2.05) is 4.90 Å². The molecule has 0 aliphatic heterocycles. The maximum absolute atomic E-state index is 9.17. The van der Waals surface area contributed by atoms with Crippen molar-refractivity contribution < 1.29 is 10.2 Å². The Morgan fingerprint density at radius 1 is 1.10 bits per heavy atom. The lowest BCUT2D eigenvalue weighted by Crippen LogP contribution is -2.31. The number of anilines is 2. The van der Waals surface area contributed by atoms with Crippen LogP contribution in [0, 0.1) is 0 Å². The molecule has 0 radical (unpaired) electrons. The summed E-state index contributed by atoms with van der Waals surface area (Å²) in [7, 11) is 0. The van der Waals surface area contributed by atoms with Crippen LogP contribution >= 0.6 is 0 Å². The van der Waals surface area contributed by atoms with Gasteiger partial charge in [0.1, 0.15) is 18.0 Å². The van der Waals surface area contributed by atoms with Gasteiger partial charge in [-0.25, -0.2) is 9.97 Å². The number of nitrogens with zero attached hydrogens (tertiary/aromatic N) is 3. The lowest BCUT2D eigenvalue weighted by Gasteiger charge is -2.25. The van der Waals surface area contributed by atoms with Gasteiger partial charge in [0, 0.05) is 25.2 Å². The van der Waals surface area contributed by atoms with Gasteiger partial charge in [0.05, 0.1) is 13.2 Å². The summed E-state index contributed by atoms with van der Waals surface area (Å²) >= 11 is 0. The molecule has 0 fully saturated rings. The van der Waals surface area contributed by atoms with E-state index in [1.54, 1.807) is 0 Å². The summed E-state index contributed by atoms with van der Waals surface area (Å²) < 4.78 is 0. The number of aliphatic hydroxyl groups is 2. The van der Waals surface area contributed by atoms with E-state index < -0.39 is 0 Å². The number of hydrogen-bond donors (Lipinski definition) is 3. The molecule has 114 valence electrons. The van der Waals surface area contributed by atoms with Crippen LogP contribution in [0.15, 0.2) is 6.33 Å². The van der Waals surface area contributed by atoms with Crippen LogP contribution in [0.4, 0.5) is 11.6 Å². The van der Waals surface area contributed by atoms with Gasteiger partial charge < -0.3 is 20.4 Å². The summed E-state index contributed by atoms with van der Waals surface area (Å²) in [4.78, 5) is 10.6. The van der Waals surface area contributed by atoms with Gasteiger partial charge in [-0.1, -0.05) is 20.3 Å². The SMILES string of the molecule is CCCNc1ncnc(N(CCO)CCO)c1CCC. The Hall–Kier alpha value is -1.40. The Balaban J connectivity index is 3.07. The molecule has 6 heteroatoms. The molecule has 0 unspecified atom stereocenters. The number of nitrogens with one attached hydrogen (secondary N) is 1. The standard InChI is InChI=1S/C14H26N4O2/c1-3-5-12-13(15-6-4-2)16-11-17-14(12)18(7-9-19)8-10-20/h11,19-20H,3-10H2,1-2H3,(H,15,16,17). The Bertz CT molecular complexity index is 381. The van der Waals surface area contributed by atoms with Gasteiger partial charge in [-0.3, -0.25) is 0 Å². The fraction of sp³-hybridized carbons (Fsp3) is 0.714. The molecule has 1 aromatic rings. The third kappa shape index (κ3) is 4.61. The van der Waals surface area contributed by atoms with E-state index in [2.05, 4.69) is 29.1 Å². The average molecular weight is 282 g/mol. The molecule has 0 saturated heterocycles. The number of rotatable bonds is 10. The minimum atomic E-state index is 0.0350. The summed E-state index contributed by atoms with van der Waals surface area (Å²) in [5.74, 6) is 1.67. The van der Waals surface area contributed by atoms with Crippen molar-refractivity contribution in [1.29, 1.82) is 0 Å². The van der Waals surface area contributed by atoms with Gasteiger partial charge in [-0.2, -0.15) is 0 Å². The van der Waals surface area contributed by atoms with Gasteiger partial charge in [-0.15, -0.1) is 0 Å². The molecular formula is C14H26N4O2. The second-order valence-corrected chi connectivity index (χ2v) is 4.64. The molecule has 6 nitrogen and oxygen atoms in total. The molecule has 1 aromatic heterocycles. The lowest BCUT2D eigenvalue weighted by atomic mass is 10.1. The predicted molar refractivity (Wildman–Crippen MR) is 81.2 cm³/mol. The van der Waals surface area contributed by atoms with E-state index in [1.165, 1.54) is 6.33 Å². The molecule has 0 amide bonds. The van der Waals surface area contributed by atoms with Crippen molar-refractivity contribution in [3.05, 3.63) is 11.9 Å². The van der Waals surface area contributed by atoms with Crippen molar-refractivity contribution in [2.45, 2.75) is 33.1 Å². The predicted octanol–water partition coefficient (Wildman–Crippen LogP) is 1.04. The molecule has 20 heavy (non-hydrogen) atoms. The summed E-state index contributed by atoms with van der Waals surface area (Å²) in [6, 6.07) is 0. The van der Waals surface area contributed by atoms with Gasteiger partial charge in [-0.05, 0) is 12.8 Å². The molecule has 0 atom stereocenters. The van der Waals surface area contributed by atoms with Crippen molar-refractivity contribution in [3.63, 3.8) is 0 Å². The fourth-order valence-electron chi connectivity index (χ4n) is 2.12. The maximum Gasteiger partial charge on any atom is 0.137 e. The molecule has 3 N–H and O–H groups in total. The molecule has 0 aliphatic rings. The number of aliphatic hydroxyl groups excluding tert-OH is 2. The van der Waals surface area contributed by atoms with Crippen LogP contribution in [0.25, 0.3) is 0 Å². The maximum atomic E-state index is 9.17. The topological polar surface area (TPSA) is 81.5 Å². The van der Waals surface area contributed by atoms with E-state index in [-0.39, 0.29) is 13.2 Å². The lowest BCUT2D eigenvalue weighted by molar-refractivity contribution is 0.280. The van der Waals surface area contributed by atoms with E-state index in [0.29, 0.717) is 13.1 Å². The second kappa shape index (κ2) is 9.50. The molecule has 0 spiro atoms. The average Bonchev–Trinajstić information content (AvgIpc) is 2.46. The second-order valence-electron chi connectivity index (χ2n) is 4.64. The molecule has 0 bridgehead atoms. The van der Waals surface area contributed by atoms with Crippen LogP contribution in [0.1, 0.15) is 32.3 Å². The Morgan fingerprint density at radius 2 is 1.80 bits per heavy atom. The van der Waals surface area contributed by atoms with Gasteiger partial charge >= 0.3 is 0 Å². The Morgan fingerprint density at radius 3 is 2.35 bits per heavy atom. The van der Waals surface area contributed by atoms with Crippen LogP contribution in [0.2, 0.25) is 0 Å². The third-order valence-corrected chi connectivity index (χ3v) is 3.00. The van der Waals surface area contributed by atoms with Gasteiger partial charge in [0.2, 0.25) is 0 Å². The molecule has 0 saturated carbocycles. The highest BCUT2D eigenvalue weighted by atomic mass is 16.3. The van der Waals surface area contributed by atoms with Crippen LogP contribution in [0.3, 0.4) is 0 Å². The monoisotopic (exact) mass is 282 g/mol. The molecule has 0 aliphatic carbocycles. The summed E-state index contributed by atoms with van der Waals surface area (Å²) in [6.45, 7) is 6.08. The highest BCUT2D eigenvalue weighted by Crippen LogP contribution is 2.24. The first-order chi connectivity index (χ1) is 9.78. The van der Waals surface area contributed by atoms with Crippen molar-refractivity contribution in [2.75, 3.05) is 43.1 Å². The van der Waals surface area contributed by atoms with Crippen LogP contribution < -0.4 is 10.2 Å². The van der Waals surface area contributed by atoms with Crippen LogP contribution in [-0.4, -0.2) is 53.0 Å². The minimum absolute atomic E-state index is 0.0350. The summed E-state index contributed by atoms with van der Waals surface area (Å²) in [5, 5.41) is 21.7. The van der Waals surface area contributed by atoms with Gasteiger partial charge in [0.25, 0.3) is 0 Å². The van der Waals surface area contributed by atoms with Crippen molar-refractivity contribution in [2.24, 2.45) is 0 Å². The smallest absolute Gasteiger partial charge is 0.137 e. The third-order valence-electron chi connectivity index (χ3n) is 3.00. The highest BCUT2D eigenvalue weighted by molar-refractivity contribution is 5.59. The van der Waals surface area contributed by atoms with Crippen molar-refractivity contribution >= 4 is 11.6 Å². The fourth-order valence-corrected chi connectivity index (χ4v) is 2.12. The number of aromatic nitrogens is 2. The van der Waals surface area contributed by atoms with Crippen LogP contribution in [-0.2, 0) is 6.42 Å². The first-order valence-corrected chi connectivity index (χ1v) is 7.32. The first kappa shape index (κ1) is 16.7. The molecule has 0 aromatic carbocycles. The molecule has 1 heterocycles. The van der Waals surface area contributed by atoms with E-state index in [4.69, 9.17) is 0 Å². The zero-order chi connectivity index (χ0) is 14.8. The summed E-state index contributed by atoms with van der Waals surface area (Å²) in [6.07, 6.45) is 4.43. The van der Waals surface area contributed by atoms with Crippen molar-refractivity contribution in [1.82, 2.24) is 9.97 Å². The van der Waals surface area contributed by atoms with Gasteiger partial charge in [0.15, 0.2) is 0 Å². The van der Waals surface area contributed by atoms with E-state index in [9.17, 15) is 10.2 Å².